The summed E-state index contributed by atoms with van der Waals surface area (Å²) in [5, 5.41) is 10.6. The fourth-order valence-corrected chi connectivity index (χ4v) is 2.78. The highest BCUT2D eigenvalue weighted by molar-refractivity contribution is 5.99. The van der Waals surface area contributed by atoms with E-state index < -0.39 is 30.9 Å². The highest BCUT2D eigenvalue weighted by Gasteiger charge is 2.37. The van der Waals surface area contributed by atoms with Gasteiger partial charge < -0.3 is 9.52 Å². The van der Waals surface area contributed by atoms with Crippen molar-refractivity contribution in [3.63, 3.8) is 0 Å². The number of fused-ring (bicyclic) bond motifs is 1. The molecule has 0 aliphatic heterocycles. The maximum atomic E-state index is 13.0. The fraction of sp³-hybridized carbons (Fsp3) is 0.211. The van der Waals surface area contributed by atoms with E-state index in [9.17, 15) is 18.0 Å². The number of Topliss-reactive ketones (excluding diaryl/α,β-unsaturated/α-hetero) is 1. The second-order valence-electron chi connectivity index (χ2n) is 5.77. The second kappa shape index (κ2) is 6.72. The smallest absolute Gasteiger partial charge is 0.390 e. The summed E-state index contributed by atoms with van der Waals surface area (Å²) in [6.07, 6.45) is -5.78. The number of carbonyl (C=O) groups excluding carboxylic acids is 1. The zero-order chi connectivity index (χ0) is 18.0. The molecule has 0 saturated carbocycles. The summed E-state index contributed by atoms with van der Waals surface area (Å²) in [5.41, 5.74) is 0.281. The minimum absolute atomic E-state index is 0.132. The number of hydrogen-bond donors (Lipinski definition) is 1. The molecule has 0 aliphatic carbocycles. The van der Waals surface area contributed by atoms with Crippen molar-refractivity contribution in [3.05, 3.63) is 71.7 Å². The van der Waals surface area contributed by atoms with Crippen LogP contribution in [-0.2, 0) is 6.61 Å². The van der Waals surface area contributed by atoms with Crippen LogP contribution in [-0.4, -0.2) is 17.1 Å². The van der Waals surface area contributed by atoms with Gasteiger partial charge in [-0.2, -0.15) is 13.2 Å². The number of alkyl halides is 3. The Balaban J connectivity index is 2.02. The van der Waals surface area contributed by atoms with Crippen molar-refractivity contribution in [3.8, 4) is 0 Å². The number of carbonyl (C=O) groups is 1. The van der Waals surface area contributed by atoms with Crippen LogP contribution < -0.4 is 0 Å². The molecule has 6 heteroatoms. The van der Waals surface area contributed by atoms with Gasteiger partial charge in [-0.05, 0) is 28.5 Å². The van der Waals surface area contributed by atoms with E-state index in [0.29, 0.717) is 0 Å². The third kappa shape index (κ3) is 3.91. The molecule has 3 aromatic rings. The Morgan fingerprint density at radius 1 is 1.04 bits per heavy atom. The van der Waals surface area contributed by atoms with Crippen LogP contribution in [0.3, 0.4) is 0 Å². The number of rotatable bonds is 5. The van der Waals surface area contributed by atoms with Gasteiger partial charge in [-0.25, -0.2) is 0 Å². The summed E-state index contributed by atoms with van der Waals surface area (Å²) in [4.78, 5) is 12.6. The van der Waals surface area contributed by atoms with Gasteiger partial charge in [-0.15, -0.1) is 0 Å². The van der Waals surface area contributed by atoms with Crippen LogP contribution in [0.5, 0.6) is 0 Å². The third-order valence-electron chi connectivity index (χ3n) is 3.99. The average molecular weight is 348 g/mol. The quantitative estimate of drug-likeness (QED) is 0.671. The van der Waals surface area contributed by atoms with Crippen molar-refractivity contribution < 1.29 is 27.5 Å². The SMILES string of the molecule is O=C(c1ccc(CO)o1)C(CC(F)(F)F)c1ccc2ccccc2c1. The van der Waals surface area contributed by atoms with Gasteiger partial charge in [0.2, 0.25) is 5.78 Å². The Morgan fingerprint density at radius 2 is 1.76 bits per heavy atom. The molecule has 2 aromatic carbocycles. The highest BCUT2D eigenvalue weighted by Crippen LogP contribution is 2.35. The maximum Gasteiger partial charge on any atom is 0.390 e. The molecule has 3 nitrogen and oxygen atoms in total. The van der Waals surface area contributed by atoms with Crippen molar-refractivity contribution >= 4 is 16.6 Å². The number of aliphatic hydroxyl groups excluding tert-OH is 1. The summed E-state index contributed by atoms with van der Waals surface area (Å²) < 4.78 is 44.2. The first-order valence-corrected chi connectivity index (χ1v) is 7.66. The Kier molecular flexibility index (Phi) is 4.63. The van der Waals surface area contributed by atoms with Gasteiger partial charge in [-0.1, -0.05) is 42.5 Å². The lowest BCUT2D eigenvalue weighted by atomic mass is 9.89. The zero-order valence-corrected chi connectivity index (χ0v) is 13.1. The molecule has 1 N–H and O–H groups in total. The van der Waals surface area contributed by atoms with E-state index in [4.69, 9.17) is 9.52 Å². The van der Waals surface area contributed by atoms with Crippen LogP contribution in [0.2, 0.25) is 0 Å². The topological polar surface area (TPSA) is 50.4 Å². The predicted octanol–water partition coefficient (Wildman–Crippen LogP) is 4.84. The minimum atomic E-state index is -4.50. The van der Waals surface area contributed by atoms with Gasteiger partial charge in [0.05, 0.1) is 12.3 Å². The molecule has 1 heterocycles. The van der Waals surface area contributed by atoms with Gasteiger partial charge in [0.1, 0.15) is 12.4 Å². The minimum Gasteiger partial charge on any atom is -0.456 e. The Hall–Kier alpha value is -2.60. The van der Waals surface area contributed by atoms with Crippen molar-refractivity contribution in [2.45, 2.75) is 25.1 Å². The van der Waals surface area contributed by atoms with E-state index in [1.54, 1.807) is 24.3 Å². The predicted molar refractivity (Wildman–Crippen MR) is 86.3 cm³/mol. The van der Waals surface area contributed by atoms with Crippen LogP contribution in [0.25, 0.3) is 10.8 Å². The molecule has 130 valence electrons. The molecule has 1 unspecified atom stereocenters. The summed E-state index contributed by atoms with van der Waals surface area (Å²) in [7, 11) is 0. The monoisotopic (exact) mass is 348 g/mol. The molecular formula is C19H15F3O3. The first-order chi connectivity index (χ1) is 11.9. The number of ketones is 1. The Bertz CT molecular complexity index is 896. The Labute approximate surface area is 141 Å². The van der Waals surface area contributed by atoms with Crippen LogP contribution >= 0.6 is 0 Å². The molecule has 0 aliphatic rings. The molecular weight excluding hydrogens is 333 g/mol. The average Bonchev–Trinajstić information content (AvgIpc) is 3.07. The van der Waals surface area contributed by atoms with Crippen molar-refractivity contribution in [2.75, 3.05) is 0 Å². The lowest BCUT2D eigenvalue weighted by Crippen LogP contribution is -2.21. The van der Waals surface area contributed by atoms with Gasteiger partial charge in [0.15, 0.2) is 5.76 Å². The maximum absolute atomic E-state index is 13.0. The van der Waals surface area contributed by atoms with E-state index in [2.05, 4.69) is 0 Å². The summed E-state index contributed by atoms with van der Waals surface area (Å²) >= 11 is 0. The first kappa shape index (κ1) is 17.2. The lowest BCUT2D eigenvalue weighted by molar-refractivity contribution is -0.136. The molecule has 1 aromatic heterocycles. The molecule has 3 rings (SSSR count). The van der Waals surface area contributed by atoms with E-state index in [1.165, 1.54) is 18.2 Å². The highest BCUT2D eigenvalue weighted by atomic mass is 19.4. The second-order valence-corrected chi connectivity index (χ2v) is 5.77. The van der Waals surface area contributed by atoms with Gasteiger partial charge in [0.25, 0.3) is 0 Å². The van der Waals surface area contributed by atoms with Crippen molar-refractivity contribution in [2.24, 2.45) is 0 Å². The molecule has 0 bridgehead atoms. The van der Waals surface area contributed by atoms with Crippen LogP contribution in [0, 0.1) is 0 Å². The molecule has 0 saturated heterocycles. The molecule has 25 heavy (non-hydrogen) atoms. The summed E-state index contributed by atoms with van der Waals surface area (Å²) in [5.74, 6) is -2.21. The van der Waals surface area contributed by atoms with Crippen LogP contribution in [0.4, 0.5) is 13.2 Å². The molecule has 0 fully saturated rings. The third-order valence-corrected chi connectivity index (χ3v) is 3.99. The zero-order valence-electron chi connectivity index (χ0n) is 13.1. The van der Waals surface area contributed by atoms with E-state index >= 15 is 0 Å². The van der Waals surface area contributed by atoms with Crippen LogP contribution in [0.1, 0.15) is 34.2 Å². The standard InChI is InChI=1S/C19H15F3O3/c20-19(21,22)10-16(18(24)17-8-7-15(11-23)25-17)14-6-5-12-3-1-2-4-13(12)9-14/h1-9,16,23H,10-11H2. The van der Waals surface area contributed by atoms with E-state index in [1.807, 2.05) is 12.1 Å². The number of benzene rings is 2. The van der Waals surface area contributed by atoms with E-state index in [-0.39, 0.29) is 17.1 Å². The van der Waals surface area contributed by atoms with Crippen molar-refractivity contribution in [1.82, 2.24) is 0 Å². The first-order valence-electron chi connectivity index (χ1n) is 7.66. The normalized spacial score (nSPS) is 13.1. The summed E-state index contributed by atoms with van der Waals surface area (Å²) in [6, 6.07) is 14.7. The lowest BCUT2D eigenvalue weighted by Gasteiger charge is -2.18. The molecule has 0 radical (unpaired) electrons. The number of furan rings is 1. The summed E-state index contributed by atoms with van der Waals surface area (Å²) in [6.45, 7) is -0.423. The van der Waals surface area contributed by atoms with Gasteiger partial charge >= 0.3 is 6.18 Å². The fourth-order valence-electron chi connectivity index (χ4n) is 2.78. The van der Waals surface area contributed by atoms with Crippen molar-refractivity contribution in [1.29, 1.82) is 0 Å². The number of hydrogen-bond acceptors (Lipinski definition) is 3. The molecule has 1 atom stereocenters. The van der Waals surface area contributed by atoms with Crippen LogP contribution in [0.15, 0.2) is 59.0 Å². The molecule has 0 amide bonds. The number of halogens is 3. The van der Waals surface area contributed by atoms with Gasteiger partial charge in [0, 0.05) is 0 Å². The Morgan fingerprint density at radius 3 is 2.40 bits per heavy atom. The largest absolute Gasteiger partial charge is 0.456 e. The number of aliphatic hydroxyl groups is 1. The van der Waals surface area contributed by atoms with E-state index in [0.717, 1.165) is 10.8 Å². The molecule has 0 spiro atoms. The van der Waals surface area contributed by atoms with Gasteiger partial charge in [-0.3, -0.25) is 4.79 Å².